The molecule has 2 rings (SSSR count). The molecule has 2 aliphatic rings. The third-order valence-corrected chi connectivity index (χ3v) is 9.34. The maximum Gasteiger partial charge on any atom is 0.191 e. The molecule has 0 aromatic heterocycles. The maximum atomic E-state index is 12.0. The van der Waals surface area contributed by atoms with Crippen LogP contribution in [0.2, 0.25) is 18.1 Å². The van der Waals surface area contributed by atoms with Gasteiger partial charge < -0.3 is 13.9 Å². The molecule has 4 nitrogen and oxygen atoms in total. The summed E-state index contributed by atoms with van der Waals surface area (Å²) < 4.78 is 17.9. The molecule has 0 aromatic rings. The summed E-state index contributed by atoms with van der Waals surface area (Å²) in [5.74, 6) is -0.367. The monoisotopic (exact) mass is 300 g/mol. The minimum absolute atomic E-state index is 0.128. The second-order valence-electron chi connectivity index (χ2n) is 8.02. The highest BCUT2D eigenvalue weighted by molar-refractivity contribution is 6.74. The normalized spacial score (nSPS) is 33.5. The smallest absolute Gasteiger partial charge is 0.191 e. The van der Waals surface area contributed by atoms with Gasteiger partial charge >= 0.3 is 0 Å². The third-order valence-electron chi connectivity index (χ3n) is 4.84. The van der Waals surface area contributed by atoms with E-state index in [0.717, 1.165) is 0 Å². The van der Waals surface area contributed by atoms with E-state index in [2.05, 4.69) is 33.9 Å². The summed E-state index contributed by atoms with van der Waals surface area (Å²) in [6, 6.07) is 0. The van der Waals surface area contributed by atoms with Crippen LogP contribution < -0.4 is 0 Å². The van der Waals surface area contributed by atoms with Gasteiger partial charge in [-0.3, -0.25) is 4.79 Å². The van der Waals surface area contributed by atoms with Crippen molar-refractivity contribution in [2.24, 2.45) is 5.92 Å². The van der Waals surface area contributed by atoms with Gasteiger partial charge in [0.05, 0.1) is 6.10 Å². The molecule has 0 N–H and O–H groups in total. The Morgan fingerprint density at radius 2 is 1.90 bits per heavy atom. The van der Waals surface area contributed by atoms with Gasteiger partial charge in [-0.25, -0.2) is 0 Å². The lowest BCUT2D eigenvalue weighted by Crippen LogP contribution is -2.43. The number of hydrogen-bond donors (Lipinski definition) is 0. The van der Waals surface area contributed by atoms with Crippen molar-refractivity contribution in [2.75, 3.05) is 6.61 Å². The number of carbonyl (C=O) groups is 1. The molecular weight excluding hydrogens is 272 g/mol. The minimum atomic E-state index is -1.78. The molecule has 0 amide bonds. The molecule has 5 heteroatoms. The number of ether oxygens (including phenoxy) is 2. The van der Waals surface area contributed by atoms with Crippen LogP contribution in [0.25, 0.3) is 0 Å². The highest BCUT2D eigenvalue weighted by atomic mass is 28.4. The SMILES string of the molecule is CC1(C)O[C@H]2[C@H](CO[Si](C)(C)C(C)(C)C)CC(=O)[C@H]2O1. The van der Waals surface area contributed by atoms with Gasteiger partial charge in [-0.2, -0.15) is 0 Å². The van der Waals surface area contributed by atoms with Gasteiger partial charge in [-0.05, 0) is 32.0 Å². The first-order valence-electron chi connectivity index (χ1n) is 7.45. The quantitative estimate of drug-likeness (QED) is 0.751. The summed E-state index contributed by atoms with van der Waals surface area (Å²) in [5, 5.41) is 0.182. The fourth-order valence-electron chi connectivity index (χ4n) is 2.56. The first-order chi connectivity index (χ1) is 8.93. The van der Waals surface area contributed by atoms with Crippen LogP contribution in [-0.4, -0.2) is 38.7 Å². The Hall–Kier alpha value is -0.233. The first kappa shape index (κ1) is 16.1. The molecule has 1 aliphatic carbocycles. The van der Waals surface area contributed by atoms with Crippen LogP contribution in [0, 0.1) is 5.92 Å². The van der Waals surface area contributed by atoms with Crippen molar-refractivity contribution >= 4 is 14.1 Å². The standard InChI is InChI=1S/C15H28O4Si/c1-14(2,3)20(6,7)17-9-10-8-11(16)13-12(10)18-15(4,5)19-13/h10,12-13H,8-9H2,1-7H3/t10-,12-,13+/m0/s1. The first-order valence-corrected chi connectivity index (χ1v) is 10.4. The molecule has 0 spiro atoms. The van der Waals surface area contributed by atoms with Gasteiger partial charge in [0, 0.05) is 18.9 Å². The lowest BCUT2D eigenvalue weighted by molar-refractivity contribution is -0.163. The number of fused-ring (bicyclic) bond motifs is 1. The molecule has 1 saturated heterocycles. The Kier molecular flexibility index (Phi) is 3.96. The molecule has 0 radical (unpaired) electrons. The van der Waals surface area contributed by atoms with Gasteiger partial charge in [-0.1, -0.05) is 20.8 Å². The second-order valence-corrected chi connectivity index (χ2v) is 12.8. The Balaban J connectivity index is 2.00. The highest BCUT2D eigenvalue weighted by Gasteiger charge is 2.54. The van der Waals surface area contributed by atoms with Crippen LogP contribution in [0.4, 0.5) is 0 Å². The van der Waals surface area contributed by atoms with Gasteiger partial charge in [0.25, 0.3) is 0 Å². The summed E-state index contributed by atoms with van der Waals surface area (Å²) >= 11 is 0. The van der Waals surface area contributed by atoms with E-state index in [1.807, 2.05) is 13.8 Å². The van der Waals surface area contributed by atoms with Crippen molar-refractivity contribution in [3.63, 3.8) is 0 Å². The molecule has 1 aliphatic heterocycles. The Labute approximate surface area is 123 Å². The van der Waals surface area contributed by atoms with Gasteiger partial charge in [0.15, 0.2) is 19.9 Å². The molecule has 1 heterocycles. The van der Waals surface area contributed by atoms with Crippen LogP contribution in [0.5, 0.6) is 0 Å². The number of Topliss-reactive ketones (excluding diaryl/α,β-unsaturated/α-hetero) is 1. The molecular formula is C15H28O4Si. The van der Waals surface area contributed by atoms with E-state index < -0.39 is 20.2 Å². The van der Waals surface area contributed by atoms with Gasteiger partial charge in [-0.15, -0.1) is 0 Å². The summed E-state index contributed by atoms with van der Waals surface area (Å²) in [7, 11) is -1.78. The van der Waals surface area contributed by atoms with E-state index in [1.54, 1.807) is 0 Å². The topological polar surface area (TPSA) is 44.8 Å². The largest absolute Gasteiger partial charge is 0.416 e. The van der Waals surface area contributed by atoms with E-state index in [4.69, 9.17) is 13.9 Å². The predicted molar refractivity (Wildman–Crippen MR) is 80.1 cm³/mol. The van der Waals surface area contributed by atoms with E-state index in [1.165, 1.54) is 0 Å². The van der Waals surface area contributed by atoms with Crippen molar-refractivity contribution in [3.05, 3.63) is 0 Å². The van der Waals surface area contributed by atoms with E-state index >= 15 is 0 Å². The van der Waals surface area contributed by atoms with Crippen LogP contribution >= 0.6 is 0 Å². The lowest BCUT2D eigenvalue weighted by atomic mass is 10.1. The summed E-state index contributed by atoms with van der Waals surface area (Å²) in [6.45, 7) is 15.5. The van der Waals surface area contributed by atoms with Crippen molar-refractivity contribution in [3.8, 4) is 0 Å². The molecule has 0 aromatic carbocycles. The Morgan fingerprint density at radius 1 is 1.30 bits per heavy atom. The Morgan fingerprint density at radius 3 is 2.45 bits per heavy atom. The summed E-state index contributed by atoms with van der Waals surface area (Å²) in [4.78, 5) is 12.0. The van der Waals surface area contributed by atoms with Crippen LogP contribution in [0.3, 0.4) is 0 Å². The average Bonchev–Trinajstić information content (AvgIpc) is 2.70. The molecule has 0 unspecified atom stereocenters. The maximum absolute atomic E-state index is 12.0. The van der Waals surface area contributed by atoms with Crippen LogP contribution in [0.1, 0.15) is 41.0 Å². The fraction of sp³-hybridized carbons (Fsp3) is 0.933. The summed E-state index contributed by atoms with van der Waals surface area (Å²) in [6.07, 6.45) is -0.0136. The highest BCUT2D eigenvalue weighted by Crippen LogP contribution is 2.42. The van der Waals surface area contributed by atoms with E-state index in [-0.39, 0.29) is 22.8 Å². The van der Waals surface area contributed by atoms with E-state index in [0.29, 0.717) is 13.0 Å². The molecule has 1 saturated carbocycles. The summed E-state index contributed by atoms with van der Waals surface area (Å²) in [5.41, 5.74) is 0. The molecule has 116 valence electrons. The van der Waals surface area contributed by atoms with E-state index in [9.17, 15) is 4.79 Å². The Bertz CT molecular complexity index is 397. The van der Waals surface area contributed by atoms with Crippen molar-refractivity contribution < 1.29 is 18.7 Å². The average molecular weight is 300 g/mol. The molecule has 20 heavy (non-hydrogen) atoms. The zero-order chi connectivity index (χ0) is 15.3. The molecule has 0 bridgehead atoms. The van der Waals surface area contributed by atoms with Crippen LogP contribution in [-0.2, 0) is 18.7 Å². The number of ketones is 1. The lowest BCUT2D eigenvalue weighted by Gasteiger charge is -2.37. The number of rotatable bonds is 3. The zero-order valence-corrected chi connectivity index (χ0v) is 14.8. The third kappa shape index (κ3) is 3.01. The molecule has 3 atom stereocenters. The van der Waals surface area contributed by atoms with Crippen molar-refractivity contribution in [2.45, 2.75) is 77.2 Å². The van der Waals surface area contributed by atoms with Crippen LogP contribution in [0.15, 0.2) is 0 Å². The second kappa shape index (κ2) is 4.90. The van der Waals surface area contributed by atoms with Crippen molar-refractivity contribution in [1.82, 2.24) is 0 Å². The predicted octanol–water partition coefficient (Wildman–Crippen LogP) is 3.12. The number of carbonyl (C=O) groups excluding carboxylic acids is 1. The number of hydrogen-bond acceptors (Lipinski definition) is 4. The van der Waals surface area contributed by atoms with Gasteiger partial charge in [0.2, 0.25) is 0 Å². The van der Waals surface area contributed by atoms with Gasteiger partial charge in [0.1, 0.15) is 6.10 Å². The fourth-order valence-corrected chi connectivity index (χ4v) is 3.62. The molecule has 2 fully saturated rings. The van der Waals surface area contributed by atoms with Crippen molar-refractivity contribution in [1.29, 1.82) is 0 Å². The minimum Gasteiger partial charge on any atom is -0.416 e. The zero-order valence-electron chi connectivity index (χ0n) is 13.8.